The van der Waals surface area contributed by atoms with Crippen molar-refractivity contribution in [3.05, 3.63) is 59.9 Å². The van der Waals surface area contributed by atoms with Gasteiger partial charge in [0, 0.05) is 44.3 Å². The van der Waals surface area contributed by atoms with Crippen LogP contribution >= 0.6 is 21.6 Å². The first-order chi connectivity index (χ1) is 18.3. The maximum absolute atomic E-state index is 13.0. The number of anilines is 2. The molecule has 0 aliphatic heterocycles. The number of carbonyl (C=O) groups is 3. The molecule has 0 fully saturated rings. The van der Waals surface area contributed by atoms with Crippen molar-refractivity contribution in [3.8, 4) is 0 Å². The number of hydrogen-bond acceptors (Lipinski definition) is 6. The number of fused-ring (bicyclic) bond motifs is 2. The van der Waals surface area contributed by atoms with Gasteiger partial charge >= 0.3 is 5.97 Å². The summed E-state index contributed by atoms with van der Waals surface area (Å²) in [7, 11) is 3.47. The molecule has 0 saturated heterocycles. The minimum absolute atomic E-state index is 0.0234. The first-order valence-electron chi connectivity index (χ1n) is 12.6. The first kappa shape index (κ1) is 28.6. The van der Waals surface area contributed by atoms with Crippen molar-refractivity contribution < 1.29 is 19.1 Å². The quantitative estimate of drug-likeness (QED) is 0.124. The average molecular weight is 567 g/mol. The van der Waals surface area contributed by atoms with Crippen molar-refractivity contribution >= 4 is 72.6 Å². The molecule has 0 spiro atoms. The zero-order valence-electron chi connectivity index (χ0n) is 23.0. The lowest BCUT2D eigenvalue weighted by Crippen LogP contribution is -2.24. The lowest BCUT2D eigenvalue weighted by molar-refractivity contribution is -0.116. The summed E-state index contributed by atoms with van der Waals surface area (Å²) in [6.45, 7) is 9.72. The number of H-pyrrole nitrogens is 2. The summed E-state index contributed by atoms with van der Waals surface area (Å²) < 4.78 is 5.45. The Labute approximate surface area is 235 Å². The van der Waals surface area contributed by atoms with E-state index < -0.39 is 11.6 Å². The fourth-order valence-corrected chi connectivity index (χ4v) is 6.33. The Morgan fingerprint density at radius 1 is 0.821 bits per heavy atom. The molecule has 2 aromatic carbocycles. The van der Waals surface area contributed by atoms with E-state index in [0.29, 0.717) is 29.2 Å². The lowest BCUT2D eigenvalue weighted by atomic mass is 10.1. The number of aromatic amines is 2. The highest BCUT2D eigenvalue weighted by Crippen LogP contribution is 2.37. The summed E-state index contributed by atoms with van der Waals surface area (Å²) >= 11 is 0. The summed E-state index contributed by atoms with van der Waals surface area (Å²) in [5.74, 6) is -0.767. The third kappa shape index (κ3) is 7.60. The molecule has 2 amide bonds. The van der Waals surface area contributed by atoms with E-state index in [4.69, 9.17) is 4.74 Å². The van der Waals surface area contributed by atoms with Crippen LogP contribution in [0.3, 0.4) is 0 Å². The van der Waals surface area contributed by atoms with E-state index >= 15 is 0 Å². The highest BCUT2D eigenvalue weighted by atomic mass is 33.1. The number of esters is 1. The number of benzene rings is 2. The van der Waals surface area contributed by atoms with Gasteiger partial charge in [0.2, 0.25) is 5.91 Å². The maximum atomic E-state index is 13.0. The first-order valence-corrected chi connectivity index (χ1v) is 15.2. The van der Waals surface area contributed by atoms with E-state index in [9.17, 15) is 14.4 Å². The molecule has 0 unspecified atom stereocenters. The normalized spacial score (nSPS) is 12.1. The third-order valence-electron chi connectivity index (χ3n) is 5.91. The molecule has 4 aromatic rings. The van der Waals surface area contributed by atoms with Crippen LogP contribution in [0.15, 0.2) is 48.5 Å². The van der Waals surface area contributed by atoms with Crippen LogP contribution in [-0.4, -0.2) is 44.4 Å². The minimum atomic E-state index is -0.594. The van der Waals surface area contributed by atoms with Crippen molar-refractivity contribution in [1.82, 2.24) is 9.97 Å². The molecule has 39 heavy (non-hydrogen) atoms. The zero-order valence-corrected chi connectivity index (χ0v) is 24.6. The monoisotopic (exact) mass is 566 g/mol. The van der Waals surface area contributed by atoms with Crippen molar-refractivity contribution in [3.63, 3.8) is 0 Å². The van der Waals surface area contributed by atoms with Gasteiger partial charge in [-0.1, -0.05) is 21.6 Å². The fraction of sp³-hybridized carbons (Fsp3) is 0.345. The van der Waals surface area contributed by atoms with E-state index in [-0.39, 0.29) is 16.6 Å². The summed E-state index contributed by atoms with van der Waals surface area (Å²) in [5.41, 5.74) is 2.99. The molecule has 2 aromatic heterocycles. The zero-order chi connectivity index (χ0) is 28.4. The SMILES string of the molecule is CSSC(C)(C)CCC(=O)Nc1ccc2[nH]c(C(=O)Nc3ccc4[nH]c(C(=O)OC(C)(C)C)cc4c3)cc2c1. The van der Waals surface area contributed by atoms with Gasteiger partial charge in [0.15, 0.2) is 0 Å². The van der Waals surface area contributed by atoms with Crippen molar-refractivity contribution in [2.75, 3.05) is 16.9 Å². The smallest absolute Gasteiger partial charge is 0.355 e. The van der Waals surface area contributed by atoms with Crippen LogP contribution in [0.1, 0.15) is 68.4 Å². The Balaban J connectivity index is 1.42. The maximum Gasteiger partial charge on any atom is 0.355 e. The largest absolute Gasteiger partial charge is 0.455 e. The molecule has 0 saturated carbocycles. The van der Waals surface area contributed by atoms with Crippen LogP contribution in [0.25, 0.3) is 21.8 Å². The molecule has 8 nitrogen and oxygen atoms in total. The number of aromatic nitrogens is 2. The van der Waals surface area contributed by atoms with Crippen molar-refractivity contribution in [1.29, 1.82) is 0 Å². The molecular weight excluding hydrogens is 532 g/mol. The van der Waals surface area contributed by atoms with Gasteiger partial charge in [-0.3, -0.25) is 9.59 Å². The Hall–Kier alpha value is -3.37. The third-order valence-corrected chi connectivity index (χ3v) is 8.59. The van der Waals surface area contributed by atoms with Crippen LogP contribution in [0.2, 0.25) is 0 Å². The molecule has 4 N–H and O–H groups in total. The molecule has 2 heterocycles. The molecule has 0 aliphatic carbocycles. The number of ether oxygens (including phenoxy) is 1. The van der Waals surface area contributed by atoms with Gasteiger partial charge in [-0.25, -0.2) is 4.79 Å². The van der Waals surface area contributed by atoms with E-state index in [1.54, 1.807) is 51.9 Å². The summed E-state index contributed by atoms with van der Waals surface area (Å²) in [4.78, 5) is 44.1. The second-order valence-electron chi connectivity index (χ2n) is 11.0. The molecule has 0 bridgehead atoms. The Morgan fingerprint density at radius 2 is 1.38 bits per heavy atom. The van der Waals surface area contributed by atoms with Gasteiger partial charge in [0.05, 0.1) is 0 Å². The van der Waals surface area contributed by atoms with Crippen molar-refractivity contribution in [2.24, 2.45) is 0 Å². The summed E-state index contributed by atoms with van der Waals surface area (Å²) in [6, 6.07) is 14.4. The van der Waals surface area contributed by atoms with E-state index in [1.165, 1.54) is 0 Å². The Kier molecular flexibility index (Phi) is 8.37. The topological polar surface area (TPSA) is 116 Å². The lowest BCUT2D eigenvalue weighted by Gasteiger charge is -2.21. The molecular formula is C29H34N4O4S2. The number of hydrogen-bond donors (Lipinski definition) is 4. The molecule has 0 radical (unpaired) electrons. The number of nitrogens with one attached hydrogen (secondary N) is 4. The average Bonchev–Trinajstić information content (AvgIpc) is 3.45. The highest BCUT2D eigenvalue weighted by molar-refractivity contribution is 8.76. The fourth-order valence-electron chi connectivity index (χ4n) is 4.09. The number of rotatable bonds is 9. The molecule has 4 rings (SSSR count). The van der Waals surface area contributed by atoms with E-state index in [2.05, 4.69) is 34.4 Å². The molecule has 206 valence electrons. The Bertz CT molecular complexity index is 1530. The summed E-state index contributed by atoms with van der Waals surface area (Å²) in [6.07, 6.45) is 3.25. The van der Waals surface area contributed by atoms with Gasteiger partial charge in [-0.2, -0.15) is 0 Å². The van der Waals surface area contributed by atoms with Crippen molar-refractivity contribution in [2.45, 2.75) is 57.8 Å². The second kappa shape index (κ2) is 11.4. The molecule has 0 atom stereocenters. The molecule has 0 aliphatic rings. The van der Waals surface area contributed by atoms with Crippen LogP contribution in [0, 0.1) is 0 Å². The van der Waals surface area contributed by atoms with E-state index in [1.807, 2.05) is 45.2 Å². The molecule has 10 heteroatoms. The standard InChI is InChI=1S/C29H34N4O4S2/c1-28(2,3)37-27(36)24-16-18-14-20(8-10-22(18)33-24)31-26(35)23-15-17-13-19(7-9-21(17)32-23)30-25(34)11-12-29(4,5)39-38-6/h7-10,13-16,32-33H,11-12H2,1-6H3,(H,30,34)(H,31,35). The van der Waals surface area contributed by atoms with Crippen LogP contribution in [0.5, 0.6) is 0 Å². The Morgan fingerprint density at radius 3 is 1.97 bits per heavy atom. The van der Waals surface area contributed by atoms with Crippen LogP contribution < -0.4 is 10.6 Å². The minimum Gasteiger partial charge on any atom is -0.455 e. The van der Waals surface area contributed by atoms with Crippen LogP contribution in [-0.2, 0) is 9.53 Å². The number of amides is 2. The summed E-state index contributed by atoms with van der Waals surface area (Å²) in [5, 5.41) is 7.46. The predicted octanol–water partition coefficient (Wildman–Crippen LogP) is 7.37. The number of carbonyl (C=O) groups excluding carboxylic acids is 3. The predicted molar refractivity (Wildman–Crippen MR) is 163 cm³/mol. The van der Waals surface area contributed by atoms with E-state index in [0.717, 1.165) is 28.2 Å². The highest BCUT2D eigenvalue weighted by Gasteiger charge is 2.21. The van der Waals surface area contributed by atoms with Gasteiger partial charge in [0.1, 0.15) is 17.0 Å². The van der Waals surface area contributed by atoms with Gasteiger partial charge in [0.25, 0.3) is 5.91 Å². The van der Waals surface area contributed by atoms with Gasteiger partial charge in [-0.05, 0) is 95.8 Å². The van der Waals surface area contributed by atoms with Gasteiger partial charge < -0.3 is 25.3 Å². The van der Waals surface area contributed by atoms with Crippen LogP contribution in [0.4, 0.5) is 11.4 Å². The second-order valence-corrected chi connectivity index (χ2v) is 14.1. The van der Waals surface area contributed by atoms with Gasteiger partial charge in [-0.15, -0.1) is 0 Å².